The number of amides is 1. The van der Waals surface area contributed by atoms with Crippen LogP contribution in [-0.4, -0.2) is 42.0 Å². The van der Waals surface area contributed by atoms with Crippen LogP contribution in [0.25, 0.3) is 10.9 Å². The van der Waals surface area contributed by atoms with Crippen molar-refractivity contribution in [3.63, 3.8) is 0 Å². The number of anilines is 1. The molecular weight excluding hydrogens is 390 g/mol. The lowest BCUT2D eigenvalue weighted by atomic mass is 10.2. The van der Waals surface area contributed by atoms with Crippen molar-refractivity contribution in [3.05, 3.63) is 58.4 Å². The van der Waals surface area contributed by atoms with E-state index >= 15 is 0 Å². The maximum absolute atomic E-state index is 12.8. The van der Waals surface area contributed by atoms with Gasteiger partial charge >= 0.3 is 0 Å². The molecule has 0 aliphatic heterocycles. The number of nitrogens with zero attached hydrogens (tertiary/aromatic N) is 2. The minimum Gasteiger partial charge on any atom is -0.495 e. The van der Waals surface area contributed by atoms with Crippen LogP contribution in [0.15, 0.2) is 52.4 Å². The Morgan fingerprint density at radius 2 is 2.00 bits per heavy atom. The van der Waals surface area contributed by atoms with Gasteiger partial charge in [-0.05, 0) is 36.8 Å². The maximum Gasteiger partial charge on any atom is 0.262 e. The third kappa shape index (κ3) is 4.96. The number of nitrogens with one attached hydrogen (secondary N) is 1. The summed E-state index contributed by atoms with van der Waals surface area (Å²) in [6.45, 7) is 2.68. The number of hydrogen-bond acceptors (Lipinski definition) is 6. The summed E-state index contributed by atoms with van der Waals surface area (Å²) in [5.41, 5.74) is 2.09. The van der Waals surface area contributed by atoms with Crippen LogP contribution in [0.1, 0.15) is 5.56 Å². The van der Waals surface area contributed by atoms with Gasteiger partial charge in [-0.1, -0.05) is 30.0 Å². The summed E-state index contributed by atoms with van der Waals surface area (Å²) in [6.07, 6.45) is 0. The van der Waals surface area contributed by atoms with Gasteiger partial charge in [0.25, 0.3) is 5.56 Å². The maximum atomic E-state index is 12.8. The molecule has 0 bridgehead atoms. The number of thioether (sulfide) groups is 1. The van der Waals surface area contributed by atoms with Crippen LogP contribution >= 0.6 is 11.8 Å². The zero-order valence-electron chi connectivity index (χ0n) is 16.6. The highest BCUT2D eigenvalue weighted by Gasteiger charge is 2.14. The standard InChI is InChI=1S/C21H23N3O4S/c1-14-8-9-18(28-3)17(12-14)22-19(25)13-29-21-23-16-7-5-4-6-15(16)20(26)24(21)10-11-27-2/h4-9,12H,10-11,13H2,1-3H3,(H,22,25). The molecule has 0 saturated heterocycles. The topological polar surface area (TPSA) is 82.4 Å². The fourth-order valence-corrected chi connectivity index (χ4v) is 3.70. The monoisotopic (exact) mass is 413 g/mol. The number of ether oxygens (including phenoxy) is 2. The van der Waals surface area contributed by atoms with E-state index in [1.54, 1.807) is 30.9 Å². The molecule has 7 nitrogen and oxygen atoms in total. The van der Waals surface area contributed by atoms with E-state index in [1.807, 2.05) is 37.3 Å². The zero-order valence-corrected chi connectivity index (χ0v) is 17.4. The van der Waals surface area contributed by atoms with Crippen molar-refractivity contribution in [1.29, 1.82) is 0 Å². The number of fused-ring (bicyclic) bond motifs is 1. The number of para-hydroxylation sites is 1. The van der Waals surface area contributed by atoms with Crippen molar-refractivity contribution >= 4 is 34.3 Å². The van der Waals surface area contributed by atoms with Gasteiger partial charge in [0.05, 0.1) is 42.6 Å². The van der Waals surface area contributed by atoms with E-state index in [2.05, 4.69) is 10.3 Å². The van der Waals surface area contributed by atoms with Crippen LogP contribution in [0, 0.1) is 6.92 Å². The van der Waals surface area contributed by atoms with Crippen molar-refractivity contribution < 1.29 is 14.3 Å². The summed E-state index contributed by atoms with van der Waals surface area (Å²) in [7, 11) is 3.14. The molecule has 0 spiro atoms. The number of rotatable bonds is 8. The highest BCUT2D eigenvalue weighted by molar-refractivity contribution is 7.99. The van der Waals surface area contributed by atoms with Crippen molar-refractivity contribution in [1.82, 2.24) is 9.55 Å². The van der Waals surface area contributed by atoms with E-state index in [0.29, 0.717) is 40.6 Å². The second kappa shape index (κ2) is 9.58. The molecule has 1 heterocycles. The number of carbonyl (C=O) groups is 1. The number of hydrogen-bond donors (Lipinski definition) is 1. The summed E-state index contributed by atoms with van der Waals surface area (Å²) in [5, 5.41) is 3.89. The van der Waals surface area contributed by atoms with Gasteiger partial charge in [0.15, 0.2) is 5.16 Å². The molecule has 0 aliphatic carbocycles. The number of benzene rings is 2. The molecule has 0 fully saturated rings. The van der Waals surface area contributed by atoms with Gasteiger partial charge in [-0.3, -0.25) is 14.2 Å². The lowest BCUT2D eigenvalue weighted by Gasteiger charge is -2.13. The van der Waals surface area contributed by atoms with Gasteiger partial charge in [0, 0.05) is 7.11 Å². The van der Waals surface area contributed by atoms with E-state index in [0.717, 1.165) is 5.56 Å². The van der Waals surface area contributed by atoms with Gasteiger partial charge in [0.2, 0.25) is 5.91 Å². The third-order valence-electron chi connectivity index (χ3n) is 4.31. The highest BCUT2D eigenvalue weighted by Crippen LogP contribution is 2.26. The Hall–Kier alpha value is -2.84. The second-order valence-corrected chi connectivity index (χ2v) is 7.34. The van der Waals surface area contributed by atoms with Crippen LogP contribution < -0.4 is 15.6 Å². The molecule has 0 saturated carbocycles. The van der Waals surface area contributed by atoms with E-state index in [-0.39, 0.29) is 17.2 Å². The smallest absolute Gasteiger partial charge is 0.262 e. The molecule has 0 atom stereocenters. The van der Waals surface area contributed by atoms with Crippen molar-refractivity contribution in [2.75, 3.05) is 31.9 Å². The first-order valence-corrected chi connectivity index (χ1v) is 10.1. The van der Waals surface area contributed by atoms with E-state index in [9.17, 15) is 9.59 Å². The van der Waals surface area contributed by atoms with Gasteiger partial charge in [-0.25, -0.2) is 4.98 Å². The zero-order chi connectivity index (χ0) is 20.8. The summed E-state index contributed by atoms with van der Waals surface area (Å²) >= 11 is 1.21. The molecule has 0 aliphatic rings. The predicted molar refractivity (Wildman–Crippen MR) is 115 cm³/mol. The molecule has 8 heteroatoms. The van der Waals surface area contributed by atoms with Gasteiger partial charge in [-0.2, -0.15) is 0 Å². The molecule has 2 aromatic carbocycles. The lowest BCUT2D eigenvalue weighted by molar-refractivity contribution is -0.113. The fraction of sp³-hybridized carbons (Fsp3) is 0.286. The highest BCUT2D eigenvalue weighted by atomic mass is 32.2. The first-order chi connectivity index (χ1) is 14.0. The molecule has 3 rings (SSSR count). The molecule has 1 amide bonds. The van der Waals surface area contributed by atoms with E-state index in [1.165, 1.54) is 11.8 Å². The first kappa shape index (κ1) is 20.9. The molecule has 152 valence electrons. The van der Waals surface area contributed by atoms with Gasteiger partial charge in [0.1, 0.15) is 5.75 Å². The van der Waals surface area contributed by atoms with Crippen LogP contribution in [-0.2, 0) is 16.1 Å². The summed E-state index contributed by atoms with van der Waals surface area (Å²) in [5.74, 6) is 0.490. The van der Waals surface area contributed by atoms with Gasteiger partial charge in [-0.15, -0.1) is 0 Å². The molecule has 0 radical (unpaired) electrons. The largest absolute Gasteiger partial charge is 0.495 e. The summed E-state index contributed by atoms with van der Waals surface area (Å²) in [6, 6.07) is 12.8. The Balaban J connectivity index is 1.81. The number of methoxy groups -OCH3 is 2. The minimum absolute atomic E-state index is 0.106. The lowest BCUT2D eigenvalue weighted by Crippen LogP contribution is -2.26. The van der Waals surface area contributed by atoms with Crippen molar-refractivity contribution in [2.24, 2.45) is 0 Å². The Bertz CT molecular complexity index is 1080. The first-order valence-electron chi connectivity index (χ1n) is 9.09. The Morgan fingerprint density at radius 1 is 1.21 bits per heavy atom. The second-order valence-electron chi connectivity index (χ2n) is 6.40. The van der Waals surface area contributed by atoms with Gasteiger partial charge < -0.3 is 14.8 Å². The van der Waals surface area contributed by atoms with E-state index < -0.39 is 0 Å². The van der Waals surface area contributed by atoms with Crippen LogP contribution in [0.2, 0.25) is 0 Å². The number of aromatic nitrogens is 2. The third-order valence-corrected chi connectivity index (χ3v) is 5.28. The number of carbonyl (C=O) groups excluding carboxylic acids is 1. The Labute approximate surface area is 173 Å². The molecular formula is C21H23N3O4S. The summed E-state index contributed by atoms with van der Waals surface area (Å²) in [4.78, 5) is 29.9. The average molecular weight is 413 g/mol. The van der Waals surface area contributed by atoms with Crippen LogP contribution in [0.4, 0.5) is 5.69 Å². The van der Waals surface area contributed by atoms with Crippen LogP contribution in [0.3, 0.4) is 0 Å². The van der Waals surface area contributed by atoms with Crippen LogP contribution in [0.5, 0.6) is 5.75 Å². The van der Waals surface area contributed by atoms with Crippen molar-refractivity contribution in [3.8, 4) is 5.75 Å². The normalized spacial score (nSPS) is 10.9. The Kier molecular flexibility index (Phi) is 6.90. The fourth-order valence-electron chi connectivity index (χ4n) is 2.87. The average Bonchev–Trinajstić information content (AvgIpc) is 2.72. The molecule has 0 unspecified atom stereocenters. The number of aryl methyl sites for hydroxylation is 1. The summed E-state index contributed by atoms with van der Waals surface area (Å²) < 4.78 is 12.0. The molecule has 1 N–H and O–H groups in total. The predicted octanol–water partition coefficient (Wildman–Crippen LogP) is 3.09. The molecule has 3 aromatic rings. The molecule has 1 aromatic heterocycles. The molecule has 29 heavy (non-hydrogen) atoms. The van der Waals surface area contributed by atoms with Crippen molar-refractivity contribution in [2.45, 2.75) is 18.6 Å². The SMILES string of the molecule is COCCn1c(SCC(=O)Nc2cc(C)ccc2OC)nc2ccccc2c1=O. The Morgan fingerprint density at radius 3 is 2.76 bits per heavy atom. The van der Waals surface area contributed by atoms with E-state index in [4.69, 9.17) is 9.47 Å². The minimum atomic E-state index is -0.209. The quantitative estimate of drug-likeness (QED) is 0.451.